The summed E-state index contributed by atoms with van der Waals surface area (Å²) in [6, 6.07) is 0.436. The van der Waals surface area contributed by atoms with Crippen LogP contribution in [-0.2, 0) is 9.53 Å². The quantitative estimate of drug-likeness (QED) is 0.652. The molecule has 0 aliphatic carbocycles. The van der Waals surface area contributed by atoms with Crippen molar-refractivity contribution in [1.82, 2.24) is 4.90 Å². The summed E-state index contributed by atoms with van der Waals surface area (Å²) < 4.78 is 5.18. The Labute approximate surface area is 80.1 Å². The molecule has 76 valence electrons. The van der Waals surface area contributed by atoms with Crippen LogP contribution in [0.1, 0.15) is 20.3 Å². The molecule has 0 aromatic heterocycles. The topological polar surface area (TPSA) is 29.5 Å². The molecule has 1 atom stereocenters. The fraction of sp³-hybridized carbons (Fsp3) is 0.900. The van der Waals surface area contributed by atoms with Gasteiger partial charge in [0.1, 0.15) is 0 Å². The molecule has 3 nitrogen and oxygen atoms in total. The van der Waals surface area contributed by atoms with Gasteiger partial charge in [0.2, 0.25) is 0 Å². The number of carbonyl (C=O) groups is 1. The summed E-state index contributed by atoms with van der Waals surface area (Å²) in [5.74, 6) is 0.481. The van der Waals surface area contributed by atoms with Gasteiger partial charge in [0, 0.05) is 18.6 Å². The fourth-order valence-electron chi connectivity index (χ4n) is 1.35. The van der Waals surface area contributed by atoms with E-state index in [9.17, 15) is 4.79 Å². The number of rotatable bonds is 4. The average Bonchev–Trinajstić information content (AvgIpc) is 2.55. The van der Waals surface area contributed by atoms with Gasteiger partial charge in [0.25, 0.3) is 0 Å². The van der Waals surface area contributed by atoms with Gasteiger partial charge in [-0.25, -0.2) is 0 Å². The fourth-order valence-corrected chi connectivity index (χ4v) is 1.35. The van der Waals surface area contributed by atoms with E-state index in [2.05, 4.69) is 18.7 Å². The molecule has 0 radical (unpaired) electrons. The van der Waals surface area contributed by atoms with Crippen LogP contribution < -0.4 is 0 Å². The van der Waals surface area contributed by atoms with Crippen LogP contribution in [0, 0.1) is 5.92 Å². The second-order valence-corrected chi connectivity index (χ2v) is 4.04. The monoisotopic (exact) mass is 185 g/mol. The summed E-state index contributed by atoms with van der Waals surface area (Å²) in [7, 11) is 1.98. The second-order valence-electron chi connectivity index (χ2n) is 4.04. The van der Waals surface area contributed by atoms with Gasteiger partial charge in [-0.3, -0.25) is 9.69 Å². The zero-order valence-corrected chi connectivity index (χ0v) is 8.75. The number of likely N-dealkylation sites (N-methyl/N-ethyl adjacent to an activating group) is 1. The van der Waals surface area contributed by atoms with Gasteiger partial charge in [-0.15, -0.1) is 0 Å². The van der Waals surface area contributed by atoms with Crippen molar-refractivity contribution in [3.05, 3.63) is 0 Å². The maximum Gasteiger partial charge on any atom is 0.152 e. The highest BCUT2D eigenvalue weighted by Crippen LogP contribution is 2.13. The van der Waals surface area contributed by atoms with Crippen molar-refractivity contribution in [2.75, 3.05) is 26.8 Å². The van der Waals surface area contributed by atoms with E-state index in [0.29, 0.717) is 25.0 Å². The van der Waals surface area contributed by atoms with E-state index < -0.39 is 0 Å². The van der Waals surface area contributed by atoms with Crippen LogP contribution >= 0.6 is 0 Å². The first-order valence-corrected chi connectivity index (χ1v) is 4.92. The van der Waals surface area contributed by atoms with Crippen molar-refractivity contribution in [2.24, 2.45) is 5.92 Å². The Balaban J connectivity index is 2.31. The van der Waals surface area contributed by atoms with Crippen LogP contribution in [0.15, 0.2) is 0 Å². The smallest absolute Gasteiger partial charge is 0.152 e. The Morgan fingerprint density at radius 3 is 2.77 bits per heavy atom. The SMILES string of the molecule is CC(C)N(C)CC(=O)C1CCOC1. The molecule has 0 N–H and O–H groups in total. The molecule has 1 unspecified atom stereocenters. The average molecular weight is 185 g/mol. The maximum absolute atomic E-state index is 11.6. The molecular formula is C10H19NO2. The van der Waals surface area contributed by atoms with Crippen LogP contribution in [0.3, 0.4) is 0 Å². The Bertz CT molecular complexity index is 174. The van der Waals surface area contributed by atoms with Crippen molar-refractivity contribution < 1.29 is 9.53 Å². The van der Waals surface area contributed by atoms with Gasteiger partial charge in [0.15, 0.2) is 5.78 Å². The maximum atomic E-state index is 11.6. The third kappa shape index (κ3) is 3.08. The summed E-state index contributed by atoms with van der Waals surface area (Å²) in [4.78, 5) is 13.7. The van der Waals surface area contributed by atoms with Crippen LogP contribution in [0.2, 0.25) is 0 Å². The first-order chi connectivity index (χ1) is 6.11. The standard InChI is InChI=1S/C10H19NO2/c1-8(2)11(3)6-10(12)9-4-5-13-7-9/h8-9H,4-7H2,1-3H3. The van der Waals surface area contributed by atoms with E-state index in [1.807, 2.05) is 7.05 Å². The number of Topliss-reactive ketones (excluding diaryl/α,β-unsaturated/α-hetero) is 1. The molecule has 1 fully saturated rings. The third-order valence-corrected chi connectivity index (χ3v) is 2.67. The van der Waals surface area contributed by atoms with Crippen molar-refractivity contribution in [2.45, 2.75) is 26.3 Å². The minimum atomic E-state index is 0.154. The predicted octanol–water partition coefficient (Wildman–Crippen LogP) is 0.932. The molecule has 1 aliphatic rings. The third-order valence-electron chi connectivity index (χ3n) is 2.67. The summed E-state index contributed by atoms with van der Waals surface area (Å²) in [5.41, 5.74) is 0. The zero-order valence-electron chi connectivity index (χ0n) is 8.75. The summed E-state index contributed by atoms with van der Waals surface area (Å²) in [6.45, 7) is 6.13. The number of hydrogen-bond acceptors (Lipinski definition) is 3. The lowest BCUT2D eigenvalue weighted by Gasteiger charge is -2.21. The number of hydrogen-bond donors (Lipinski definition) is 0. The zero-order chi connectivity index (χ0) is 9.84. The van der Waals surface area contributed by atoms with Gasteiger partial charge in [-0.05, 0) is 27.3 Å². The van der Waals surface area contributed by atoms with Crippen LogP contribution in [-0.4, -0.2) is 43.5 Å². The molecule has 13 heavy (non-hydrogen) atoms. The van der Waals surface area contributed by atoms with E-state index in [-0.39, 0.29) is 5.92 Å². The lowest BCUT2D eigenvalue weighted by atomic mass is 10.0. The number of ether oxygens (including phenoxy) is 1. The van der Waals surface area contributed by atoms with E-state index in [4.69, 9.17) is 4.74 Å². The minimum absolute atomic E-state index is 0.154. The Kier molecular flexibility index (Phi) is 3.88. The van der Waals surface area contributed by atoms with Crippen LogP contribution in [0.4, 0.5) is 0 Å². The molecule has 1 saturated heterocycles. The number of carbonyl (C=O) groups excluding carboxylic acids is 1. The number of ketones is 1. The first-order valence-electron chi connectivity index (χ1n) is 4.92. The second kappa shape index (κ2) is 4.72. The molecule has 1 rings (SSSR count). The molecule has 1 heterocycles. The highest BCUT2D eigenvalue weighted by atomic mass is 16.5. The van der Waals surface area contributed by atoms with Crippen LogP contribution in [0.25, 0.3) is 0 Å². The summed E-state index contributed by atoms with van der Waals surface area (Å²) in [5, 5.41) is 0. The normalized spacial score (nSPS) is 23.0. The van der Waals surface area contributed by atoms with Crippen molar-refractivity contribution in [3.63, 3.8) is 0 Å². The van der Waals surface area contributed by atoms with Gasteiger partial charge in [0.05, 0.1) is 13.2 Å². The molecule has 1 aliphatic heterocycles. The largest absolute Gasteiger partial charge is 0.381 e. The van der Waals surface area contributed by atoms with E-state index in [0.717, 1.165) is 13.0 Å². The molecular weight excluding hydrogens is 166 g/mol. The van der Waals surface area contributed by atoms with Crippen molar-refractivity contribution in [1.29, 1.82) is 0 Å². The van der Waals surface area contributed by atoms with E-state index >= 15 is 0 Å². The first kappa shape index (κ1) is 10.7. The van der Waals surface area contributed by atoms with Gasteiger partial charge in [-0.1, -0.05) is 0 Å². The van der Waals surface area contributed by atoms with Gasteiger partial charge in [-0.2, -0.15) is 0 Å². The highest BCUT2D eigenvalue weighted by molar-refractivity contribution is 5.83. The predicted molar refractivity (Wildman–Crippen MR) is 51.7 cm³/mol. The Hall–Kier alpha value is -0.410. The van der Waals surface area contributed by atoms with E-state index in [1.54, 1.807) is 0 Å². The van der Waals surface area contributed by atoms with Gasteiger partial charge >= 0.3 is 0 Å². The van der Waals surface area contributed by atoms with Crippen LogP contribution in [0.5, 0.6) is 0 Å². The molecule has 0 bridgehead atoms. The summed E-state index contributed by atoms with van der Waals surface area (Å²) >= 11 is 0. The number of nitrogens with zero attached hydrogens (tertiary/aromatic N) is 1. The minimum Gasteiger partial charge on any atom is -0.381 e. The van der Waals surface area contributed by atoms with Crippen molar-refractivity contribution >= 4 is 5.78 Å². The Morgan fingerprint density at radius 1 is 1.62 bits per heavy atom. The molecule has 3 heteroatoms. The summed E-state index contributed by atoms with van der Waals surface area (Å²) in [6.07, 6.45) is 0.908. The van der Waals surface area contributed by atoms with Crippen molar-refractivity contribution in [3.8, 4) is 0 Å². The molecule has 0 spiro atoms. The molecule has 0 amide bonds. The van der Waals surface area contributed by atoms with Gasteiger partial charge < -0.3 is 4.74 Å². The Morgan fingerprint density at radius 2 is 2.31 bits per heavy atom. The molecule has 0 saturated carbocycles. The lowest BCUT2D eigenvalue weighted by Crippen LogP contribution is -2.35. The lowest BCUT2D eigenvalue weighted by molar-refractivity contribution is -0.124. The highest BCUT2D eigenvalue weighted by Gasteiger charge is 2.24. The molecule has 0 aromatic rings. The molecule has 0 aromatic carbocycles. The van der Waals surface area contributed by atoms with E-state index in [1.165, 1.54) is 0 Å².